The van der Waals surface area contributed by atoms with Crippen molar-refractivity contribution in [1.82, 2.24) is 10.2 Å². The molecule has 1 amide bonds. The molecule has 0 aromatic carbocycles. The molecule has 2 heterocycles. The fourth-order valence-electron chi connectivity index (χ4n) is 2.18. The van der Waals surface area contributed by atoms with Crippen molar-refractivity contribution in [2.24, 2.45) is 5.92 Å². The van der Waals surface area contributed by atoms with Crippen molar-refractivity contribution in [1.29, 1.82) is 0 Å². The molecule has 2 aliphatic heterocycles. The Morgan fingerprint density at radius 2 is 1.88 bits per heavy atom. The van der Waals surface area contributed by atoms with Gasteiger partial charge in [0.1, 0.15) is 0 Å². The predicted octanol–water partition coefficient (Wildman–Crippen LogP) is -0.338. The molecule has 0 bridgehead atoms. The zero-order chi connectivity index (χ0) is 11.9. The van der Waals surface area contributed by atoms with E-state index in [4.69, 9.17) is 0 Å². The average molecular weight is 283 g/mol. The molecule has 0 aliphatic carbocycles. The van der Waals surface area contributed by atoms with Gasteiger partial charge in [-0.1, -0.05) is 0 Å². The summed E-state index contributed by atoms with van der Waals surface area (Å²) in [4.78, 5) is 13.8. The van der Waals surface area contributed by atoms with E-state index in [0.717, 1.165) is 13.1 Å². The Balaban J connectivity index is 0.00000144. The summed E-state index contributed by atoms with van der Waals surface area (Å²) in [5.74, 6) is 0.258. The van der Waals surface area contributed by atoms with Gasteiger partial charge in [0.05, 0.1) is 16.9 Å². The van der Waals surface area contributed by atoms with Crippen LogP contribution in [0.2, 0.25) is 0 Å². The van der Waals surface area contributed by atoms with Crippen LogP contribution in [0.5, 0.6) is 0 Å². The Bertz CT molecular complexity index is 394. The first-order valence-corrected chi connectivity index (χ1v) is 7.38. The van der Waals surface area contributed by atoms with Crippen LogP contribution in [0.25, 0.3) is 0 Å². The van der Waals surface area contributed by atoms with E-state index in [1.165, 1.54) is 0 Å². The quantitative estimate of drug-likeness (QED) is 0.715. The maximum Gasteiger partial charge on any atom is 0.228 e. The number of sulfone groups is 1. The van der Waals surface area contributed by atoms with Gasteiger partial charge in [-0.15, -0.1) is 12.4 Å². The number of carbonyl (C=O) groups is 1. The highest BCUT2D eigenvalue weighted by atomic mass is 35.5. The Morgan fingerprint density at radius 3 is 2.35 bits per heavy atom. The number of halogens is 1. The SMILES string of the molecule is CC1C(C)S(=O)(=O)CCN1C(=O)C1CNC1.Cl. The lowest BCUT2D eigenvalue weighted by Crippen LogP contribution is -2.60. The van der Waals surface area contributed by atoms with Crippen LogP contribution < -0.4 is 5.32 Å². The van der Waals surface area contributed by atoms with Gasteiger partial charge in [-0.25, -0.2) is 8.42 Å². The lowest BCUT2D eigenvalue weighted by atomic mass is 10.0. The fraction of sp³-hybridized carbons (Fsp3) is 0.900. The van der Waals surface area contributed by atoms with E-state index in [0.29, 0.717) is 6.54 Å². The number of nitrogens with zero attached hydrogens (tertiary/aromatic N) is 1. The van der Waals surface area contributed by atoms with E-state index < -0.39 is 15.1 Å². The molecular formula is C10H19ClN2O3S. The summed E-state index contributed by atoms with van der Waals surface area (Å²) in [6.07, 6.45) is 0. The lowest BCUT2D eigenvalue weighted by molar-refractivity contribution is -0.139. The third-order valence-electron chi connectivity index (χ3n) is 3.77. The minimum absolute atomic E-state index is 0. The van der Waals surface area contributed by atoms with Crippen molar-refractivity contribution < 1.29 is 13.2 Å². The topological polar surface area (TPSA) is 66.5 Å². The van der Waals surface area contributed by atoms with E-state index in [2.05, 4.69) is 5.32 Å². The molecule has 2 rings (SSSR count). The summed E-state index contributed by atoms with van der Waals surface area (Å²) in [5, 5.41) is 2.61. The van der Waals surface area contributed by atoms with Crippen molar-refractivity contribution in [3.63, 3.8) is 0 Å². The van der Waals surface area contributed by atoms with Gasteiger partial charge in [-0.3, -0.25) is 4.79 Å². The maximum atomic E-state index is 12.0. The van der Waals surface area contributed by atoms with Crippen molar-refractivity contribution >= 4 is 28.2 Å². The van der Waals surface area contributed by atoms with Crippen LogP contribution >= 0.6 is 12.4 Å². The third-order valence-corrected chi connectivity index (χ3v) is 6.05. The minimum atomic E-state index is -3.00. The van der Waals surface area contributed by atoms with Crippen LogP contribution in [0, 0.1) is 5.92 Å². The largest absolute Gasteiger partial charge is 0.337 e. The molecule has 5 nitrogen and oxygen atoms in total. The van der Waals surface area contributed by atoms with Crippen LogP contribution in [-0.2, 0) is 14.6 Å². The van der Waals surface area contributed by atoms with Crippen LogP contribution in [0.4, 0.5) is 0 Å². The first-order valence-electron chi connectivity index (χ1n) is 5.66. The molecule has 2 saturated heterocycles. The van der Waals surface area contributed by atoms with E-state index in [-0.39, 0.29) is 36.0 Å². The van der Waals surface area contributed by atoms with E-state index in [9.17, 15) is 13.2 Å². The molecule has 7 heteroatoms. The van der Waals surface area contributed by atoms with Crippen LogP contribution in [0.15, 0.2) is 0 Å². The number of carbonyl (C=O) groups excluding carboxylic acids is 1. The number of hydrogen-bond donors (Lipinski definition) is 1. The Labute approximate surface area is 108 Å². The van der Waals surface area contributed by atoms with Crippen LogP contribution in [-0.4, -0.2) is 55.9 Å². The highest BCUT2D eigenvalue weighted by Gasteiger charge is 2.40. The molecule has 0 aromatic rings. The summed E-state index contributed by atoms with van der Waals surface area (Å²) in [6.45, 7) is 5.32. The van der Waals surface area contributed by atoms with Crippen molar-refractivity contribution in [2.75, 3.05) is 25.4 Å². The number of hydrogen-bond acceptors (Lipinski definition) is 4. The van der Waals surface area contributed by atoms with Crippen molar-refractivity contribution in [3.05, 3.63) is 0 Å². The summed E-state index contributed by atoms with van der Waals surface area (Å²) in [5.41, 5.74) is 0. The molecule has 0 spiro atoms. The molecule has 2 fully saturated rings. The summed E-state index contributed by atoms with van der Waals surface area (Å²) in [6, 6.07) is -0.202. The number of rotatable bonds is 1. The predicted molar refractivity (Wildman–Crippen MR) is 68.0 cm³/mol. The minimum Gasteiger partial charge on any atom is -0.337 e. The third kappa shape index (κ3) is 2.58. The lowest BCUT2D eigenvalue weighted by Gasteiger charge is -2.41. The van der Waals surface area contributed by atoms with Gasteiger partial charge in [0.2, 0.25) is 5.91 Å². The van der Waals surface area contributed by atoms with Crippen LogP contribution in [0.1, 0.15) is 13.8 Å². The molecule has 2 atom stereocenters. The summed E-state index contributed by atoms with van der Waals surface area (Å²) >= 11 is 0. The molecule has 0 radical (unpaired) electrons. The first kappa shape index (κ1) is 14.7. The second-order valence-corrected chi connectivity index (χ2v) is 7.18. The van der Waals surface area contributed by atoms with Crippen molar-refractivity contribution in [3.8, 4) is 0 Å². The normalized spacial score (nSPS) is 32.5. The second-order valence-electron chi connectivity index (χ2n) is 4.70. The molecule has 1 N–H and O–H groups in total. The Morgan fingerprint density at radius 1 is 1.29 bits per heavy atom. The monoisotopic (exact) mass is 282 g/mol. The number of nitrogens with one attached hydrogen (secondary N) is 1. The number of amides is 1. The van der Waals surface area contributed by atoms with Gasteiger partial charge < -0.3 is 10.2 Å². The second kappa shape index (κ2) is 5.12. The first-order chi connectivity index (χ1) is 7.43. The molecule has 100 valence electrons. The zero-order valence-corrected chi connectivity index (χ0v) is 11.7. The van der Waals surface area contributed by atoms with Crippen molar-refractivity contribution in [2.45, 2.75) is 25.1 Å². The molecule has 2 unspecified atom stereocenters. The molecular weight excluding hydrogens is 264 g/mol. The van der Waals surface area contributed by atoms with Gasteiger partial charge in [0.25, 0.3) is 0 Å². The van der Waals surface area contributed by atoms with Gasteiger partial charge in [0.15, 0.2) is 9.84 Å². The summed E-state index contributed by atoms with van der Waals surface area (Å²) < 4.78 is 23.3. The Kier molecular flexibility index (Phi) is 4.43. The average Bonchev–Trinajstić information content (AvgIpc) is 2.11. The maximum absolute atomic E-state index is 12.0. The van der Waals surface area contributed by atoms with Crippen LogP contribution in [0.3, 0.4) is 0 Å². The van der Waals surface area contributed by atoms with Gasteiger partial charge in [-0.2, -0.15) is 0 Å². The summed E-state index contributed by atoms with van der Waals surface area (Å²) in [7, 11) is -3.00. The van der Waals surface area contributed by atoms with E-state index in [1.807, 2.05) is 6.92 Å². The van der Waals surface area contributed by atoms with Gasteiger partial charge in [0, 0.05) is 25.7 Å². The zero-order valence-electron chi connectivity index (χ0n) is 10.0. The van der Waals surface area contributed by atoms with E-state index in [1.54, 1.807) is 11.8 Å². The van der Waals surface area contributed by atoms with Gasteiger partial charge >= 0.3 is 0 Å². The Hall–Kier alpha value is -0.330. The van der Waals surface area contributed by atoms with E-state index >= 15 is 0 Å². The molecule has 17 heavy (non-hydrogen) atoms. The molecule has 2 aliphatic rings. The fourth-order valence-corrected chi connectivity index (χ4v) is 3.75. The highest BCUT2D eigenvalue weighted by Crippen LogP contribution is 2.22. The molecule has 0 aromatic heterocycles. The highest BCUT2D eigenvalue weighted by molar-refractivity contribution is 7.92. The van der Waals surface area contributed by atoms with Gasteiger partial charge in [-0.05, 0) is 13.8 Å². The smallest absolute Gasteiger partial charge is 0.228 e. The molecule has 0 saturated carbocycles. The standard InChI is InChI=1S/C10H18N2O3S.ClH/c1-7-8(2)16(14,15)4-3-12(7)10(13)9-5-11-6-9;/h7-9,11H,3-6H2,1-2H3;1H.